The van der Waals surface area contributed by atoms with Gasteiger partial charge in [0.05, 0.1) is 30.6 Å². The van der Waals surface area contributed by atoms with E-state index < -0.39 is 126 Å². The molecule has 10 atom stereocenters. The number of thioether (sulfide) groups is 1. The average molecular weight is 1170 g/mol. The number of nitrogens with one attached hydrogen (secondary N) is 3. The van der Waals surface area contributed by atoms with E-state index in [2.05, 4.69) is 16.0 Å². The highest BCUT2D eigenvalue weighted by Gasteiger charge is 2.42. The van der Waals surface area contributed by atoms with Crippen LogP contribution in [0.3, 0.4) is 0 Å². The zero-order valence-electron chi connectivity index (χ0n) is 52.0. The third-order valence-electron chi connectivity index (χ3n) is 15.5. The number of amides is 10. The number of nitrogens with zero attached hydrogens (tertiary/aromatic N) is 7. The van der Waals surface area contributed by atoms with Crippen LogP contribution in [-0.4, -0.2) is 239 Å². The summed E-state index contributed by atoms with van der Waals surface area (Å²) in [5.74, 6) is -7.42. The predicted octanol–water partition coefficient (Wildman–Crippen LogP) is 2.39. The SMILES string of the molecule is CC[C@H](C)[C@H]1C(=O)N[C@H](C(=O)N2CCCCC2)CSCC(=O)N(C)[C@@H](C)C(=O)N(C)[C@@H](Cc2ccccc2)C(=O)N(C)[C@@H](CC(C)C)C(=O)N[C@@H]([C@@H](C)O)C(=O)N(C)CC(=O)N(C)[C@@H](CC(C)C)C(=O)NC(COC(C)(C)C)C(=O)N1C. The van der Waals surface area contributed by atoms with Gasteiger partial charge in [-0.1, -0.05) is 78.3 Å². The Morgan fingerprint density at radius 1 is 0.671 bits per heavy atom. The normalized spacial score (nSPS) is 26.0. The number of likely N-dealkylation sites (tertiary alicyclic amines) is 1. The Kier molecular flexibility index (Phi) is 27.8. The number of piperidine rings is 1. The molecule has 0 saturated carbocycles. The third-order valence-corrected chi connectivity index (χ3v) is 16.5. The number of benzene rings is 1. The van der Waals surface area contributed by atoms with Gasteiger partial charge in [-0.25, -0.2) is 0 Å². The molecule has 82 heavy (non-hydrogen) atoms. The monoisotopic (exact) mass is 1170 g/mol. The molecule has 1 unspecified atom stereocenters. The quantitative estimate of drug-likeness (QED) is 0.235. The standard InChI is InChI=1S/C59H98N10O12S/c1-18-38(6)50-53(75)61-43(56(78)69-27-23-20-24-28-69)34-82-35-48(72)64(13)39(7)54(76)67(16)46(31-41-25-21-19-22-26-41)57(79)66(15)45(30-37(4)5)52(74)62-49(40(8)70)58(80)63(12)32-47(71)65(14)44(29-36(2)3)51(73)60-42(55(77)68(50)17)33-81-59(9,10)11/h19,21-22,25-26,36-40,42-46,49-50,70H,18,20,23-24,27-35H2,1-17H3,(H,60,73)(H,61,75)(H,62,74)/t38-,39-,40+,42?,43-,44-,45-,46-,49-,50-/m0/s1. The van der Waals surface area contributed by atoms with Gasteiger partial charge in [-0.3, -0.25) is 47.9 Å². The van der Waals surface area contributed by atoms with Crippen LogP contribution in [0.5, 0.6) is 0 Å². The molecule has 0 bridgehead atoms. The summed E-state index contributed by atoms with van der Waals surface area (Å²) in [5, 5.41) is 19.5. The summed E-state index contributed by atoms with van der Waals surface area (Å²) in [6, 6.07) is -1.01. The number of likely N-dealkylation sites (N-methyl/N-ethyl adjacent to an activating group) is 6. The fourth-order valence-corrected chi connectivity index (χ4v) is 11.0. The molecule has 2 heterocycles. The van der Waals surface area contributed by atoms with E-state index in [9.17, 15) is 53.1 Å². The molecular weight excluding hydrogens is 1070 g/mol. The van der Waals surface area contributed by atoms with E-state index in [1.54, 1.807) is 56.9 Å². The minimum absolute atomic E-state index is 0.0242. The molecule has 0 aromatic heterocycles. The first kappa shape index (κ1) is 70.5. The second-order valence-electron chi connectivity index (χ2n) is 24.2. The molecule has 4 N–H and O–H groups in total. The number of rotatable bonds is 12. The fraction of sp³-hybridized carbons (Fsp3) is 0.729. The highest BCUT2D eigenvalue weighted by Crippen LogP contribution is 2.23. The first-order valence-electron chi connectivity index (χ1n) is 28.9. The van der Waals surface area contributed by atoms with Crippen LogP contribution in [0.2, 0.25) is 0 Å². The van der Waals surface area contributed by atoms with Gasteiger partial charge in [0.2, 0.25) is 59.1 Å². The Bertz CT molecular complexity index is 2350. The van der Waals surface area contributed by atoms with Crippen molar-refractivity contribution in [2.24, 2.45) is 17.8 Å². The predicted molar refractivity (Wildman–Crippen MR) is 316 cm³/mol. The fourth-order valence-electron chi connectivity index (χ4n) is 9.99. The van der Waals surface area contributed by atoms with Crippen molar-refractivity contribution in [2.45, 2.75) is 181 Å². The third kappa shape index (κ3) is 20.2. The van der Waals surface area contributed by atoms with Gasteiger partial charge in [0.25, 0.3) is 0 Å². The zero-order valence-corrected chi connectivity index (χ0v) is 52.8. The molecule has 0 spiro atoms. The van der Waals surface area contributed by atoms with E-state index in [-0.39, 0.29) is 55.1 Å². The molecular formula is C59H98N10O12S. The first-order valence-corrected chi connectivity index (χ1v) is 30.1. The average Bonchev–Trinajstić information content (AvgIpc) is 3.58. The Labute approximate surface area is 491 Å². The maximum absolute atomic E-state index is 15.0. The summed E-state index contributed by atoms with van der Waals surface area (Å²) < 4.78 is 6.11. The number of hydrogen-bond donors (Lipinski definition) is 4. The summed E-state index contributed by atoms with van der Waals surface area (Å²) in [6.45, 7) is 19.2. The molecule has 1 aromatic carbocycles. The lowest BCUT2D eigenvalue weighted by atomic mass is 9.95. The summed E-state index contributed by atoms with van der Waals surface area (Å²) in [4.78, 5) is 154. The van der Waals surface area contributed by atoms with Crippen molar-refractivity contribution in [1.29, 1.82) is 0 Å². The topological polar surface area (TPSA) is 259 Å². The second-order valence-corrected chi connectivity index (χ2v) is 25.3. The van der Waals surface area contributed by atoms with Crippen molar-refractivity contribution in [2.75, 3.05) is 80.0 Å². The van der Waals surface area contributed by atoms with Crippen LogP contribution in [0.4, 0.5) is 0 Å². The Morgan fingerprint density at radius 3 is 1.76 bits per heavy atom. The minimum atomic E-state index is -1.60. The Balaban J connectivity index is 2.25. The van der Waals surface area contributed by atoms with Crippen molar-refractivity contribution >= 4 is 70.8 Å². The summed E-state index contributed by atoms with van der Waals surface area (Å²) in [6.07, 6.45) is 1.66. The van der Waals surface area contributed by atoms with Gasteiger partial charge < -0.3 is 60.1 Å². The molecule has 1 aromatic rings. The molecule has 2 fully saturated rings. The molecule has 0 radical (unpaired) electrons. The molecule has 462 valence electrons. The molecule has 2 aliphatic heterocycles. The van der Waals surface area contributed by atoms with Gasteiger partial charge in [-0.2, -0.15) is 0 Å². The van der Waals surface area contributed by atoms with Gasteiger partial charge in [0, 0.05) is 67.5 Å². The van der Waals surface area contributed by atoms with E-state index in [4.69, 9.17) is 4.74 Å². The molecule has 22 nitrogen and oxygen atoms in total. The molecule has 0 aliphatic carbocycles. The number of carbonyl (C=O) groups excluding carboxylic acids is 10. The molecule has 3 rings (SSSR count). The van der Waals surface area contributed by atoms with Gasteiger partial charge in [0.1, 0.15) is 48.3 Å². The van der Waals surface area contributed by atoms with Crippen molar-refractivity contribution in [3.63, 3.8) is 0 Å². The lowest BCUT2D eigenvalue weighted by Crippen LogP contribution is -2.62. The molecule has 2 aliphatic rings. The number of aliphatic hydroxyl groups excluding tert-OH is 1. The van der Waals surface area contributed by atoms with Crippen molar-refractivity contribution in [1.82, 2.24) is 50.2 Å². The highest BCUT2D eigenvalue weighted by molar-refractivity contribution is 8.00. The van der Waals surface area contributed by atoms with Crippen LogP contribution in [-0.2, 0) is 59.1 Å². The maximum Gasteiger partial charge on any atom is 0.248 e. The van der Waals surface area contributed by atoms with E-state index >= 15 is 0 Å². The highest BCUT2D eigenvalue weighted by atomic mass is 32.2. The van der Waals surface area contributed by atoms with Crippen LogP contribution in [0.25, 0.3) is 0 Å². The summed E-state index contributed by atoms with van der Waals surface area (Å²) in [5.41, 5.74) is -0.0864. The smallest absolute Gasteiger partial charge is 0.248 e. The van der Waals surface area contributed by atoms with E-state index in [1.165, 1.54) is 80.6 Å². The van der Waals surface area contributed by atoms with Crippen LogP contribution in [0.15, 0.2) is 30.3 Å². The summed E-state index contributed by atoms with van der Waals surface area (Å²) >= 11 is 1.09. The molecule has 23 heteroatoms. The van der Waals surface area contributed by atoms with Crippen LogP contribution >= 0.6 is 11.8 Å². The van der Waals surface area contributed by atoms with Crippen molar-refractivity contribution in [3.8, 4) is 0 Å². The van der Waals surface area contributed by atoms with Gasteiger partial charge >= 0.3 is 0 Å². The van der Waals surface area contributed by atoms with Crippen molar-refractivity contribution < 1.29 is 57.8 Å². The lowest BCUT2D eigenvalue weighted by Gasteiger charge is -2.38. The largest absolute Gasteiger partial charge is 0.391 e. The van der Waals surface area contributed by atoms with E-state index in [1.807, 2.05) is 40.7 Å². The van der Waals surface area contributed by atoms with Crippen LogP contribution in [0.1, 0.15) is 120 Å². The Morgan fingerprint density at radius 2 is 1.22 bits per heavy atom. The van der Waals surface area contributed by atoms with Gasteiger partial charge in [-0.05, 0) is 90.0 Å². The molecule has 2 saturated heterocycles. The summed E-state index contributed by atoms with van der Waals surface area (Å²) in [7, 11) is 8.50. The van der Waals surface area contributed by atoms with E-state index in [0.29, 0.717) is 25.1 Å². The van der Waals surface area contributed by atoms with Crippen molar-refractivity contribution in [3.05, 3.63) is 35.9 Å². The number of ether oxygens (including phenoxy) is 1. The second kappa shape index (κ2) is 32.3. The van der Waals surface area contributed by atoms with Gasteiger partial charge in [0.15, 0.2) is 0 Å². The van der Waals surface area contributed by atoms with Crippen LogP contribution < -0.4 is 16.0 Å². The maximum atomic E-state index is 15.0. The number of hydrogen-bond acceptors (Lipinski definition) is 13. The van der Waals surface area contributed by atoms with E-state index in [0.717, 1.165) is 35.9 Å². The number of carbonyl (C=O) groups is 10. The van der Waals surface area contributed by atoms with Crippen LogP contribution in [0, 0.1) is 17.8 Å². The lowest BCUT2D eigenvalue weighted by molar-refractivity contribution is -0.151. The minimum Gasteiger partial charge on any atom is -0.391 e. The van der Waals surface area contributed by atoms with Gasteiger partial charge in [-0.15, -0.1) is 11.8 Å². The Hall–Kier alpha value is -5.81. The molecule has 10 amide bonds. The first-order chi connectivity index (χ1) is 38.2. The zero-order chi connectivity index (χ0) is 62.1. The number of aliphatic hydroxyl groups is 1.